The summed E-state index contributed by atoms with van der Waals surface area (Å²) < 4.78 is 5.42. The van der Waals surface area contributed by atoms with Gasteiger partial charge < -0.3 is 4.74 Å². The molecule has 2 atom stereocenters. The van der Waals surface area contributed by atoms with Crippen molar-refractivity contribution in [3.8, 4) is 12.3 Å². The van der Waals surface area contributed by atoms with Crippen LogP contribution in [-0.4, -0.2) is 12.2 Å². The zero-order valence-electron chi connectivity index (χ0n) is 8.59. The molecule has 0 radical (unpaired) electrons. The average molecular weight is 180 g/mol. The molecule has 1 saturated heterocycles. The van der Waals surface area contributed by atoms with Gasteiger partial charge in [-0.3, -0.25) is 0 Å². The van der Waals surface area contributed by atoms with E-state index in [-0.39, 0.29) is 0 Å². The maximum atomic E-state index is 5.42. The molecule has 0 saturated carbocycles. The quantitative estimate of drug-likeness (QED) is 0.333. The lowest BCUT2D eigenvalue weighted by atomic mass is 10.1. The molecule has 0 unspecified atom stereocenters. The number of rotatable bonds is 7. The fourth-order valence-electron chi connectivity index (χ4n) is 1.68. The summed E-state index contributed by atoms with van der Waals surface area (Å²) in [5.41, 5.74) is 0. The molecule has 0 aromatic carbocycles. The Morgan fingerprint density at radius 3 is 2.62 bits per heavy atom. The third kappa shape index (κ3) is 4.33. The van der Waals surface area contributed by atoms with Crippen molar-refractivity contribution in [3.63, 3.8) is 0 Å². The van der Waals surface area contributed by atoms with Crippen LogP contribution in [0.5, 0.6) is 0 Å². The van der Waals surface area contributed by atoms with Gasteiger partial charge in [0.15, 0.2) is 0 Å². The topological polar surface area (TPSA) is 12.5 Å². The van der Waals surface area contributed by atoms with Crippen LogP contribution in [0.25, 0.3) is 0 Å². The number of hydrogen-bond acceptors (Lipinski definition) is 1. The third-order valence-electron chi connectivity index (χ3n) is 2.60. The van der Waals surface area contributed by atoms with Gasteiger partial charge in [0.05, 0.1) is 12.2 Å². The summed E-state index contributed by atoms with van der Waals surface area (Å²) in [6.07, 6.45) is 14.9. The summed E-state index contributed by atoms with van der Waals surface area (Å²) in [4.78, 5) is 0. The molecular formula is C12H20O. The molecule has 1 heterocycles. The predicted octanol–water partition coefficient (Wildman–Crippen LogP) is 3.14. The van der Waals surface area contributed by atoms with Gasteiger partial charge in [-0.25, -0.2) is 0 Å². The highest BCUT2D eigenvalue weighted by Gasteiger charge is 2.36. The van der Waals surface area contributed by atoms with E-state index in [1.165, 1.54) is 38.5 Å². The van der Waals surface area contributed by atoms with Crippen LogP contribution >= 0.6 is 0 Å². The lowest BCUT2D eigenvalue weighted by Crippen LogP contribution is -1.92. The molecule has 0 bridgehead atoms. The molecule has 0 aromatic heterocycles. The minimum absolute atomic E-state index is 0.399. The van der Waals surface area contributed by atoms with Gasteiger partial charge in [-0.05, 0) is 6.42 Å². The van der Waals surface area contributed by atoms with Gasteiger partial charge in [0.25, 0.3) is 0 Å². The lowest BCUT2D eigenvalue weighted by molar-refractivity contribution is 0.359. The summed E-state index contributed by atoms with van der Waals surface area (Å²) in [7, 11) is 0. The molecule has 74 valence electrons. The highest BCUT2D eigenvalue weighted by Crippen LogP contribution is 2.29. The molecule has 0 aliphatic carbocycles. The second-order valence-corrected chi connectivity index (χ2v) is 3.82. The molecule has 0 amide bonds. The van der Waals surface area contributed by atoms with E-state index in [1.807, 2.05) is 0 Å². The van der Waals surface area contributed by atoms with Gasteiger partial charge in [0.2, 0.25) is 0 Å². The van der Waals surface area contributed by atoms with Crippen LogP contribution in [0, 0.1) is 12.3 Å². The fraction of sp³-hybridized carbons (Fsp3) is 0.833. The Balaban J connectivity index is 1.83. The molecule has 1 fully saturated rings. The first-order valence-corrected chi connectivity index (χ1v) is 5.47. The minimum atomic E-state index is 0.399. The zero-order valence-corrected chi connectivity index (χ0v) is 8.59. The maximum Gasteiger partial charge on any atom is 0.0950 e. The molecule has 1 rings (SSSR count). The van der Waals surface area contributed by atoms with E-state index >= 15 is 0 Å². The van der Waals surface area contributed by atoms with E-state index in [0.717, 1.165) is 6.42 Å². The van der Waals surface area contributed by atoms with E-state index in [2.05, 4.69) is 12.8 Å². The van der Waals surface area contributed by atoms with Crippen molar-refractivity contribution in [2.24, 2.45) is 0 Å². The summed E-state index contributed by atoms with van der Waals surface area (Å²) >= 11 is 0. The first-order chi connectivity index (χ1) is 6.38. The summed E-state index contributed by atoms with van der Waals surface area (Å²) in [6, 6.07) is 0. The van der Waals surface area contributed by atoms with Crippen molar-refractivity contribution in [2.45, 2.75) is 64.1 Å². The third-order valence-corrected chi connectivity index (χ3v) is 2.60. The Kier molecular flexibility index (Phi) is 4.93. The van der Waals surface area contributed by atoms with E-state index in [1.54, 1.807) is 0 Å². The van der Waals surface area contributed by atoms with Gasteiger partial charge in [0, 0.05) is 6.42 Å². The number of ether oxygens (including phenoxy) is 1. The van der Waals surface area contributed by atoms with Gasteiger partial charge in [-0.2, -0.15) is 0 Å². The molecular weight excluding hydrogens is 160 g/mol. The van der Waals surface area contributed by atoms with Crippen LogP contribution in [0.1, 0.15) is 51.9 Å². The van der Waals surface area contributed by atoms with E-state index in [9.17, 15) is 0 Å². The van der Waals surface area contributed by atoms with Crippen LogP contribution in [0.4, 0.5) is 0 Å². The summed E-state index contributed by atoms with van der Waals surface area (Å²) in [6.45, 7) is 2.24. The number of epoxide rings is 1. The Morgan fingerprint density at radius 1 is 1.15 bits per heavy atom. The summed E-state index contributed by atoms with van der Waals surface area (Å²) in [5.74, 6) is 2.65. The van der Waals surface area contributed by atoms with Crippen molar-refractivity contribution in [3.05, 3.63) is 0 Å². The van der Waals surface area contributed by atoms with Crippen molar-refractivity contribution in [1.29, 1.82) is 0 Å². The van der Waals surface area contributed by atoms with Crippen molar-refractivity contribution in [1.82, 2.24) is 0 Å². The van der Waals surface area contributed by atoms with E-state index in [4.69, 9.17) is 11.2 Å². The second-order valence-electron chi connectivity index (χ2n) is 3.82. The first-order valence-electron chi connectivity index (χ1n) is 5.47. The van der Waals surface area contributed by atoms with Crippen molar-refractivity contribution < 1.29 is 4.74 Å². The highest BCUT2D eigenvalue weighted by atomic mass is 16.6. The van der Waals surface area contributed by atoms with Crippen LogP contribution < -0.4 is 0 Å². The van der Waals surface area contributed by atoms with Gasteiger partial charge in [0.1, 0.15) is 0 Å². The number of unbranched alkanes of at least 4 members (excludes halogenated alkanes) is 4. The van der Waals surface area contributed by atoms with Gasteiger partial charge in [-0.1, -0.05) is 39.0 Å². The average Bonchev–Trinajstić information content (AvgIpc) is 2.84. The Labute approximate surface area is 81.9 Å². The Bertz CT molecular complexity index is 168. The smallest absolute Gasteiger partial charge is 0.0950 e. The van der Waals surface area contributed by atoms with Gasteiger partial charge in [-0.15, -0.1) is 12.3 Å². The van der Waals surface area contributed by atoms with Crippen molar-refractivity contribution >= 4 is 0 Å². The van der Waals surface area contributed by atoms with Crippen LogP contribution in [0.15, 0.2) is 0 Å². The van der Waals surface area contributed by atoms with E-state index < -0.39 is 0 Å². The zero-order chi connectivity index (χ0) is 9.52. The second kappa shape index (κ2) is 6.05. The highest BCUT2D eigenvalue weighted by molar-refractivity contribution is 4.96. The van der Waals surface area contributed by atoms with Crippen LogP contribution in [0.3, 0.4) is 0 Å². The molecule has 13 heavy (non-hydrogen) atoms. The van der Waals surface area contributed by atoms with E-state index in [0.29, 0.717) is 12.2 Å². The standard InChI is InChI=1S/C12H20O/c1-3-5-6-7-8-10-12-11(13-12)9-4-2/h2,11-12H,3,5-10H2,1H3/t11-,12+/m0/s1. The number of hydrogen-bond donors (Lipinski definition) is 0. The molecule has 0 spiro atoms. The molecule has 0 N–H and O–H groups in total. The molecule has 1 aliphatic heterocycles. The number of terminal acetylenes is 1. The molecule has 1 aliphatic rings. The SMILES string of the molecule is C#CC[C@@H]1O[C@@H]1CCCCCCC. The normalized spacial score (nSPS) is 25.5. The molecule has 0 aromatic rings. The maximum absolute atomic E-state index is 5.42. The Hall–Kier alpha value is -0.480. The largest absolute Gasteiger partial charge is 0.369 e. The summed E-state index contributed by atoms with van der Waals surface area (Å²) in [5, 5.41) is 0. The fourth-order valence-corrected chi connectivity index (χ4v) is 1.68. The molecule has 1 nitrogen and oxygen atoms in total. The lowest BCUT2D eigenvalue weighted by Gasteiger charge is -1.96. The van der Waals surface area contributed by atoms with Crippen LogP contribution in [-0.2, 0) is 4.74 Å². The Morgan fingerprint density at radius 2 is 1.92 bits per heavy atom. The van der Waals surface area contributed by atoms with Crippen LogP contribution in [0.2, 0.25) is 0 Å². The van der Waals surface area contributed by atoms with Crippen molar-refractivity contribution in [2.75, 3.05) is 0 Å². The predicted molar refractivity (Wildman–Crippen MR) is 55.5 cm³/mol. The monoisotopic (exact) mass is 180 g/mol. The van der Waals surface area contributed by atoms with Gasteiger partial charge >= 0.3 is 0 Å². The first kappa shape index (κ1) is 10.6. The minimum Gasteiger partial charge on any atom is -0.369 e. The molecule has 1 heteroatoms.